The summed E-state index contributed by atoms with van der Waals surface area (Å²) >= 11 is 0. The van der Waals surface area contributed by atoms with Crippen LogP contribution in [0.3, 0.4) is 0 Å². The topological polar surface area (TPSA) is 29.3 Å². The van der Waals surface area contributed by atoms with Crippen LogP contribution in [0.15, 0.2) is 0 Å². The first-order valence-electron chi connectivity index (χ1n) is 3.75. The van der Waals surface area contributed by atoms with E-state index in [1.807, 2.05) is 5.01 Å². The van der Waals surface area contributed by atoms with Crippen molar-refractivity contribution >= 4 is 0 Å². The average molecular weight is 128 g/mol. The summed E-state index contributed by atoms with van der Waals surface area (Å²) in [7, 11) is 0. The van der Waals surface area contributed by atoms with Crippen molar-refractivity contribution in [2.45, 2.75) is 45.2 Å². The Hall–Kier alpha value is -0.0800. The summed E-state index contributed by atoms with van der Waals surface area (Å²) < 4.78 is 0. The molecular weight excluding hydrogens is 112 g/mol. The monoisotopic (exact) mass is 128 g/mol. The number of hydrazine groups is 1. The van der Waals surface area contributed by atoms with E-state index in [2.05, 4.69) is 13.8 Å². The minimum absolute atomic E-state index is 0.591. The van der Waals surface area contributed by atoms with Crippen molar-refractivity contribution in [1.82, 2.24) is 5.01 Å². The fraction of sp³-hybridized carbons (Fsp3) is 1.00. The molecule has 0 spiro atoms. The van der Waals surface area contributed by atoms with Crippen LogP contribution in [0.1, 0.15) is 33.1 Å². The predicted molar refractivity (Wildman–Crippen MR) is 38.8 cm³/mol. The van der Waals surface area contributed by atoms with Crippen molar-refractivity contribution in [3.05, 3.63) is 0 Å². The molecule has 0 radical (unpaired) electrons. The van der Waals surface area contributed by atoms with Gasteiger partial charge in [0.2, 0.25) is 0 Å². The van der Waals surface area contributed by atoms with Gasteiger partial charge in [-0.25, -0.2) is 5.01 Å². The molecule has 0 aromatic heterocycles. The van der Waals surface area contributed by atoms with Crippen LogP contribution in [0.5, 0.6) is 0 Å². The van der Waals surface area contributed by atoms with Gasteiger partial charge in [0.05, 0.1) is 0 Å². The lowest BCUT2D eigenvalue weighted by atomic mass is 10.0. The van der Waals surface area contributed by atoms with Crippen molar-refractivity contribution in [3.8, 4) is 0 Å². The fourth-order valence-electron chi connectivity index (χ4n) is 1.44. The third kappa shape index (κ3) is 1.43. The lowest BCUT2D eigenvalue weighted by Gasteiger charge is -2.34. The minimum Gasteiger partial charge on any atom is -0.268 e. The number of hydrogen-bond acceptors (Lipinski definition) is 2. The zero-order valence-electron chi connectivity index (χ0n) is 6.30. The molecule has 1 aliphatic heterocycles. The molecule has 0 saturated carbocycles. The van der Waals surface area contributed by atoms with Crippen molar-refractivity contribution in [2.24, 2.45) is 5.84 Å². The fourth-order valence-corrected chi connectivity index (χ4v) is 1.44. The SMILES string of the molecule is C[C@H]1CCC[C@H](C)N1N. The van der Waals surface area contributed by atoms with E-state index >= 15 is 0 Å². The molecule has 54 valence electrons. The van der Waals surface area contributed by atoms with Crippen molar-refractivity contribution < 1.29 is 0 Å². The van der Waals surface area contributed by atoms with Crippen LogP contribution in [0.4, 0.5) is 0 Å². The molecule has 2 nitrogen and oxygen atoms in total. The third-order valence-electron chi connectivity index (χ3n) is 2.26. The Morgan fingerprint density at radius 1 is 1.22 bits per heavy atom. The van der Waals surface area contributed by atoms with Crippen molar-refractivity contribution in [1.29, 1.82) is 0 Å². The Labute approximate surface area is 57.0 Å². The molecule has 1 heterocycles. The van der Waals surface area contributed by atoms with Gasteiger partial charge in [-0.15, -0.1) is 0 Å². The molecule has 9 heavy (non-hydrogen) atoms. The van der Waals surface area contributed by atoms with Gasteiger partial charge in [0.15, 0.2) is 0 Å². The van der Waals surface area contributed by atoms with E-state index in [0.717, 1.165) is 0 Å². The highest BCUT2D eigenvalue weighted by molar-refractivity contribution is 4.74. The molecule has 1 rings (SSSR count). The summed E-state index contributed by atoms with van der Waals surface area (Å²) in [5.74, 6) is 5.76. The molecule has 0 amide bonds. The normalized spacial score (nSPS) is 39.0. The first kappa shape index (κ1) is 7.03. The summed E-state index contributed by atoms with van der Waals surface area (Å²) in [5.41, 5.74) is 0. The maximum absolute atomic E-state index is 5.76. The van der Waals surface area contributed by atoms with Crippen LogP contribution < -0.4 is 5.84 Å². The highest BCUT2D eigenvalue weighted by Gasteiger charge is 2.20. The van der Waals surface area contributed by atoms with Crippen LogP contribution in [0, 0.1) is 0 Å². The van der Waals surface area contributed by atoms with Gasteiger partial charge in [0.25, 0.3) is 0 Å². The minimum atomic E-state index is 0.591. The van der Waals surface area contributed by atoms with Crippen LogP contribution in [0.25, 0.3) is 0 Å². The molecule has 2 atom stereocenters. The van der Waals surface area contributed by atoms with Gasteiger partial charge in [-0.05, 0) is 26.7 Å². The average Bonchev–Trinajstić information content (AvgIpc) is 1.83. The van der Waals surface area contributed by atoms with Gasteiger partial charge in [-0.1, -0.05) is 6.42 Å². The molecule has 0 aromatic rings. The number of nitrogens with two attached hydrogens (primary N) is 1. The first-order valence-corrected chi connectivity index (χ1v) is 3.75. The zero-order chi connectivity index (χ0) is 6.85. The molecule has 0 bridgehead atoms. The highest BCUT2D eigenvalue weighted by atomic mass is 15.4. The van der Waals surface area contributed by atoms with Crippen LogP contribution >= 0.6 is 0 Å². The van der Waals surface area contributed by atoms with E-state index in [4.69, 9.17) is 5.84 Å². The number of hydrogen-bond donors (Lipinski definition) is 1. The standard InChI is InChI=1S/C7H16N2/c1-6-4-3-5-7(2)9(6)8/h6-7H,3-5,8H2,1-2H3/t6-,7-/m0/s1. The molecule has 1 fully saturated rings. The molecule has 0 unspecified atom stereocenters. The van der Waals surface area contributed by atoms with E-state index in [0.29, 0.717) is 12.1 Å². The Morgan fingerprint density at radius 3 is 2.00 bits per heavy atom. The zero-order valence-corrected chi connectivity index (χ0v) is 6.30. The molecule has 1 saturated heterocycles. The van der Waals surface area contributed by atoms with E-state index < -0.39 is 0 Å². The largest absolute Gasteiger partial charge is 0.268 e. The molecule has 2 N–H and O–H groups in total. The highest BCUT2D eigenvalue weighted by Crippen LogP contribution is 2.18. The molecule has 0 aromatic carbocycles. The predicted octanol–water partition coefficient (Wildman–Crippen LogP) is 1.12. The molecule has 1 aliphatic rings. The number of rotatable bonds is 0. The van der Waals surface area contributed by atoms with Gasteiger partial charge in [0.1, 0.15) is 0 Å². The lowest BCUT2D eigenvalue weighted by molar-refractivity contribution is 0.105. The second-order valence-corrected chi connectivity index (χ2v) is 3.08. The maximum atomic E-state index is 5.76. The van der Waals surface area contributed by atoms with Crippen LogP contribution in [-0.4, -0.2) is 17.1 Å². The maximum Gasteiger partial charge on any atom is 0.0215 e. The van der Waals surface area contributed by atoms with Gasteiger partial charge in [-0.2, -0.15) is 0 Å². The van der Waals surface area contributed by atoms with Gasteiger partial charge >= 0.3 is 0 Å². The van der Waals surface area contributed by atoms with Gasteiger partial charge in [0, 0.05) is 12.1 Å². The summed E-state index contributed by atoms with van der Waals surface area (Å²) in [6.07, 6.45) is 3.87. The second-order valence-electron chi connectivity index (χ2n) is 3.08. The van der Waals surface area contributed by atoms with Crippen LogP contribution in [-0.2, 0) is 0 Å². The Morgan fingerprint density at radius 2 is 1.67 bits per heavy atom. The van der Waals surface area contributed by atoms with E-state index in [9.17, 15) is 0 Å². The molecular formula is C7H16N2. The van der Waals surface area contributed by atoms with Crippen LogP contribution in [0.2, 0.25) is 0 Å². The van der Waals surface area contributed by atoms with E-state index in [1.54, 1.807) is 0 Å². The summed E-state index contributed by atoms with van der Waals surface area (Å²) in [5, 5.41) is 1.98. The van der Waals surface area contributed by atoms with Gasteiger partial charge in [-0.3, -0.25) is 5.84 Å². The van der Waals surface area contributed by atoms with Crippen molar-refractivity contribution in [2.75, 3.05) is 0 Å². The van der Waals surface area contributed by atoms with Crippen molar-refractivity contribution in [3.63, 3.8) is 0 Å². The number of nitrogens with zero attached hydrogens (tertiary/aromatic N) is 1. The summed E-state index contributed by atoms with van der Waals surface area (Å²) in [6, 6.07) is 1.18. The number of piperidine rings is 1. The lowest BCUT2D eigenvalue weighted by Crippen LogP contribution is -2.48. The van der Waals surface area contributed by atoms with E-state index in [-0.39, 0.29) is 0 Å². The molecule has 0 aliphatic carbocycles. The Bertz CT molecular complexity index is 82.9. The first-order chi connectivity index (χ1) is 4.22. The van der Waals surface area contributed by atoms with E-state index in [1.165, 1.54) is 19.3 Å². The smallest absolute Gasteiger partial charge is 0.0215 e. The third-order valence-corrected chi connectivity index (χ3v) is 2.26. The quantitative estimate of drug-likeness (QED) is 0.495. The molecule has 2 heteroatoms. The second kappa shape index (κ2) is 2.67. The Kier molecular flexibility index (Phi) is 2.09. The summed E-state index contributed by atoms with van der Waals surface area (Å²) in [6.45, 7) is 4.38. The summed E-state index contributed by atoms with van der Waals surface area (Å²) in [4.78, 5) is 0. The Balaban J connectivity index is 2.41. The van der Waals surface area contributed by atoms with Gasteiger partial charge < -0.3 is 0 Å².